The predicted octanol–water partition coefficient (Wildman–Crippen LogP) is 1.24. The van der Waals surface area contributed by atoms with E-state index in [4.69, 9.17) is 0 Å². The Hall–Kier alpha value is -1.34. The van der Waals surface area contributed by atoms with Crippen molar-refractivity contribution in [1.29, 1.82) is 0 Å². The van der Waals surface area contributed by atoms with E-state index in [1.807, 2.05) is 4.90 Å². The number of carbonyl (C=O) groups is 1. The topological polar surface area (TPSA) is 78.4 Å². The monoisotopic (exact) mass is 336 g/mol. The van der Waals surface area contributed by atoms with E-state index >= 15 is 0 Å². The van der Waals surface area contributed by atoms with Gasteiger partial charge in [-0.25, -0.2) is 4.98 Å². The first-order valence-electron chi connectivity index (χ1n) is 8.23. The number of nitrogens with one attached hydrogen (secondary N) is 1. The second-order valence-corrected chi connectivity index (χ2v) is 7.61. The lowest BCUT2D eigenvalue weighted by Gasteiger charge is -2.35. The summed E-state index contributed by atoms with van der Waals surface area (Å²) in [5.41, 5.74) is 0. The molecule has 4 atom stereocenters. The fourth-order valence-corrected chi connectivity index (χ4v) is 4.19. The Morgan fingerprint density at radius 1 is 1.39 bits per heavy atom. The molecule has 0 radical (unpaired) electrons. The van der Waals surface area contributed by atoms with Gasteiger partial charge in [-0.3, -0.25) is 9.78 Å². The fourth-order valence-electron chi connectivity index (χ4n) is 3.63. The molecule has 2 aliphatic rings. The van der Waals surface area contributed by atoms with Crippen molar-refractivity contribution < 1.29 is 9.90 Å². The molecule has 2 fully saturated rings. The van der Waals surface area contributed by atoms with Gasteiger partial charge in [0.1, 0.15) is 5.82 Å². The van der Waals surface area contributed by atoms with Crippen molar-refractivity contribution in [2.45, 2.75) is 31.9 Å². The van der Waals surface area contributed by atoms with Crippen LogP contribution in [0.1, 0.15) is 19.8 Å². The minimum atomic E-state index is -0.404. The largest absolute Gasteiger partial charge is 0.391 e. The van der Waals surface area contributed by atoms with Crippen molar-refractivity contribution in [3.8, 4) is 0 Å². The van der Waals surface area contributed by atoms with Crippen LogP contribution in [0.3, 0.4) is 0 Å². The van der Waals surface area contributed by atoms with E-state index in [0.717, 1.165) is 31.7 Å². The van der Waals surface area contributed by atoms with Gasteiger partial charge in [0.25, 0.3) is 0 Å². The number of rotatable bonds is 5. The minimum absolute atomic E-state index is 0.0204. The molecule has 23 heavy (non-hydrogen) atoms. The number of likely N-dealkylation sites (tertiary alicyclic amines) is 1. The molecule has 0 spiro atoms. The molecule has 3 rings (SSSR count). The zero-order chi connectivity index (χ0) is 16.2. The number of aromatic nitrogens is 2. The number of nitrogens with zero attached hydrogens (tertiary/aromatic N) is 3. The molecule has 0 unspecified atom stereocenters. The van der Waals surface area contributed by atoms with Gasteiger partial charge in [0.15, 0.2) is 0 Å². The first kappa shape index (κ1) is 16.5. The lowest BCUT2D eigenvalue weighted by molar-refractivity contribution is -0.127. The Morgan fingerprint density at radius 2 is 2.17 bits per heavy atom. The SMILES string of the molecule is CCSCC(=O)N1C[C@H]2C[C@@H](Nc3cnccn3)[C@H](O)C[C@H]2C1. The van der Waals surface area contributed by atoms with Crippen molar-refractivity contribution >= 4 is 23.5 Å². The third kappa shape index (κ3) is 3.95. The molecule has 1 aromatic rings. The van der Waals surface area contributed by atoms with E-state index in [2.05, 4.69) is 22.2 Å². The van der Waals surface area contributed by atoms with Gasteiger partial charge in [-0.2, -0.15) is 11.8 Å². The maximum absolute atomic E-state index is 12.2. The number of anilines is 1. The summed E-state index contributed by atoms with van der Waals surface area (Å²) >= 11 is 1.67. The van der Waals surface area contributed by atoms with Gasteiger partial charge in [-0.15, -0.1) is 0 Å². The quantitative estimate of drug-likeness (QED) is 0.842. The molecule has 1 aliphatic carbocycles. The minimum Gasteiger partial charge on any atom is -0.391 e. The molecule has 0 bridgehead atoms. The molecule has 2 heterocycles. The normalized spacial score (nSPS) is 30.1. The highest BCUT2D eigenvalue weighted by Crippen LogP contribution is 2.37. The van der Waals surface area contributed by atoms with Crippen LogP contribution in [0.4, 0.5) is 5.82 Å². The summed E-state index contributed by atoms with van der Waals surface area (Å²) in [5, 5.41) is 13.7. The molecule has 1 saturated heterocycles. The molecular weight excluding hydrogens is 312 g/mol. The second kappa shape index (κ2) is 7.49. The summed E-state index contributed by atoms with van der Waals surface area (Å²) in [5.74, 6) is 3.35. The van der Waals surface area contributed by atoms with Gasteiger partial charge in [0, 0.05) is 25.5 Å². The van der Waals surface area contributed by atoms with E-state index in [-0.39, 0.29) is 11.9 Å². The van der Waals surface area contributed by atoms with Gasteiger partial charge in [0.2, 0.25) is 5.91 Å². The number of hydrogen-bond acceptors (Lipinski definition) is 6. The van der Waals surface area contributed by atoms with E-state index in [0.29, 0.717) is 23.4 Å². The molecule has 7 heteroatoms. The summed E-state index contributed by atoms with van der Waals surface area (Å²) < 4.78 is 0. The fraction of sp³-hybridized carbons (Fsp3) is 0.688. The number of carbonyl (C=O) groups excluding carboxylic acids is 1. The van der Waals surface area contributed by atoms with Gasteiger partial charge in [0.05, 0.1) is 24.1 Å². The second-order valence-electron chi connectivity index (χ2n) is 6.34. The van der Waals surface area contributed by atoms with Crippen LogP contribution in [0.25, 0.3) is 0 Å². The number of aliphatic hydroxyl groups excluding tert-OH is 1. The molecule has 0 aromatic carbocycles. The Bertz CT molecular complexity index is 530. The van der Waals surface area contributed by atoms with Gasteiger partial charge in [-0.1, -0.05) is 6.92 Å². The summed E-state index contributed by atoms with van der Waals surface area (Å²) in [6.07, 6.45) is 6.15. The van der Waals surface area contributed by atoms with Crippen molar-refractivity contribution in [3.05, 3.63) is 18.6 Å². The molecule has 1 aromatic heterocycles. The first-order valence-corrected chi connectivity index (χ1v) is 9.39. The number of fused-ring (bicyclic) bond motifs is 1. The van der Waals surface area contributed by atoms with Gasteiger partial charge >= 0.3 is 0 Å². The summed E-state index contributed by atoms with van der Waals surface area (Å²) in [6, 6.07) is -0.0204. The highest BCUT2D eigenvalue weighted by Gasteiger charge is 2.42. The molecule has 2 N–H and O–H groups in total. The van der Waals surface area contributed by atoms with Crippen LogP contribution >= 0.6 is 11.8 Å². The van der Waals surface area contributed by atoms with Crippen LogP contribution in [0.2, 0.25) is 0 Å². The molecule has 1 amide bonds. The average molecular weight is 336 g/mol. The molecule has 126 valence electrons. The standard InChI is InChI=1S/C16H24N4O2S/c1-2-23-10-16(22)20-8-11-5-13(14(21)6-12(11)9-20)19-15-7-17-3-4-18-15/h3-4,7,11-14,21H,2,5-6,8-10H2,1H3,(H,18,19)/t11-,12+,13-,14-/m1/s1. The third-order valence-corrected chi connectivity index (χ3v) is 5.68. The Kier molecular flexibility index (Phi) is 5.38. The van der Waals surface area contributed by atoms with Crippen LogP contribution < -0.4 is 5.32 Å². The first-order chi connectivity index (χ1) is 11.2. The van der Waals surface area contributed by atoms with Crippen molar-refractivity contribution in [2.24, 2.45) is 11.8 Å². The molecular formula is C16H24N4O2S. The van der Waals surface area contributed by atoms with Crippen molar-refractivity contribution in [3.63, 3.8) is 0 Å². The summed E-state index contributed by atoms with van der Waals surface area (Å²) in [7, 11) is 0. The number of amides is 1. The number of hydrogen-bond donors (Lipinski definition) is 2. The maximum Gasteiger partial charge on any atom is 0.232 e. The number of aliphatic hydroxyl groups is 1. The van der Waals surface area contributed by atoms with Crippen LogP contribution in [0.15, 0.2) is 18.6 Å². The van der Waals surface area contributed by atoms with Crippen LogP contribution in [0.5, 0.6) is 0 Å². The van der Waals surface area contributed by atoms with E-state index in [9.17, 15) is 9.90 Å². The van der Waals surface area contributed by atoms with Crippen LogP contribution in [-0.2, 0) is 4.79 Å². The predicted molar refractivity (Wildman–Crippen MR) is 91.2 cm³/mol. The molecule has 1 saturated carbocycles. The summed E-state index contributed by atoms with van der Waals surface area (Å²) in [6.45, 7) is 3.68. The Morgan fingerprint density at radius 3 is 2.87 bits per heavy atom. The number of thioether (sulfide) groups is 1. The van der Waals surface area contributed by atoms with Crippen LogP contribution in [-0.4, -0.2) is 62.6 Å². The van der Waals surface area contributed by atoms with Gasteiger partial charge < -0.3 is 15.3 Å². The zero-order valence-electron chi connectivity index (χ0n) is 13.4. The molecule has 6 nitrogen and oxygen atoms in total. The smallest absolute Gasteiger partial charge is 0.232 e. The van der Waals surface area contributed by atoms with E-state index in [1.165, 1.54) is 0 Å². The average Bonchev–Trinajstić information content (AvgIpc) is 2.96. The highest BCUT2D eigenvalue weighted by atomic mass is 32.2. The Labute approximate surface area is 141 Å². The van der Waals surface area contributed by atoms with Crippen molar-refractivity contribution in [2.75, 3.05) is 29.9 Å². The lowest BCUT2D eigenvalue weighted by Crippen LogP contribution is -2.43. The maximum atomic E-state index is 12.2. The zero-order valence-corrected chi connectivity index (χ0v) is 14.2. The van der Waals surface area contributed by atoms with Crippen LogP contribution in [0, 0.1) is 11.8 Å². The van der Waals surface area contributed by atoms with E-state index in [1.54, 1.807) is 30.4 Å². The highest BCUT2D eigenvalue weighted by molar-refractivity contribution is 7.99. The van der Waals surface area contributed by atoms with Crippen molar-refractivity contribution in [1.82, 2.24) is 14.9 Å². The Balaban J connectivity index is 1.58. The lowest BCUT2D eigenvalue weighted by atomic mass is 9.77. The van der Waals surface area contributed by atoms with Gasteiger partial charge in [-0.05, 0) is 30.4 Å². The summed E-state index contributed by atoms with van der Waals surface area (Å²) in [4.78, 5) is 22.5. The molecule has 1 aliphatic heterocycles. The third-order valence-electron chi connectivity index (χ3n) is 4.82. The van der Waals surface area contributed by atoms with E-state index < -0.39 is 6.10 Å².